The summed E-state index contributed by atoms with van der Waals surface area (Å²) in [6.07, 6.45) is 2.82. The summed E-state index contributed by atoms with van der Waals surface area (Å²) in [6, 6.07) is 6.12. The van der Waals surface area contributed by atoms with Crippen molar-refractivity contribution in [3.8, 4) is 0 Å². The highest BCUT2D eigenvalue weighted by molar-refractivity contribution is 9.10. The smallest absolute Gasteiger partial charge is 0.227 e. The zero-order valence-electron chi connectivity index (χ0n) is 11.9. The standard InChI is InChI=1S/C15H23BrN2O/c1-10-7-8-14(13(16)9-10)18-15(19)11(2)5-4-6-12(3)17/h7-9,11-12H,4-6,17H2,1-3H3,(H,18,19). The van der Waals surface area contributed by atoms with Gasteiger partial charge in [0.25, 0.3) is 0 Å². The van der Waals surface area contributed by atoms with E-state index in [1.54, 1.807) is 0 Å². The Labute approximate surface area is 124 Å². The number of halogens is 1. The lowest BCUT2D eigenvalue weighted by molar-refractivity contribution is -0.119. The van der Waals surface area contributed by atoms with E-state index in [0.717, 1.165) is 35.0 Å². The van der Waals surface area contributed by atoms with Crippen molar-refractivity contribution in [3.05, 3.63) is 28.2 Å². The second kappa shape index (κ2) is 7.65. The van der Waals surface area contributed by atoms with Crippen molar-refractivity contribution in [2.75, 3.05) is 5.32 Å². The number of anilines is 1. The molecule has 2 unspecified atom stereocenters. The molecule has 0 saturated heterocycles. The zero-order chi connectivity index (χ0) is 14.4. The largest absolute Gasteiger partial charge is 0.328 e. The Morgan fingerprint density at radius 3 is 2.63 bits per heavy atom. The van der Waals surface area contributed by atoms with Crippen molar-refractivity contribution in [2.45, 2.75) is 46.1 Å². The number of carbonyl (C=O) groups excluding carboxylic acids is 1. The number of hydrogen-bond donors (Lipinski definition) is 2. The summed E-state index contributed by atoms with van der Waals surface area (Å²) in [4.78, 5) is 12.1. The molecule has 19 heavy (non-hydrogen) atoms. The van der Waals surface area contributed by atoms with Crippen molar-refractivity contribution >= 4 is 27.5 Å². The molecule has 0 fully saturated rings. The number of benzene rings is 1. The van der Waals surface area contributed by atoms with Gasteiger partial charge in [-0.3, -0.25) is 4.79 Å². The van der Waals surface area contributed by atoms with E-state index in [-0.39, 0.29) is 17.9 Å². The molecule has 0 aliphatic rings. The molecule has 0 spiro atoms. The summed E-state index contributed by atoms with van der Waals surface area (Å²) in [5.74, 6) is 0.0705. The van der Waals surface area contributed by atoms with Crippen LogP contribution in [0, 0.1) is 12.8 Å². The van der Waals surface area contributed by atoms with Gasteiger partial charge in [-0.15, -0.1) is 0 Å². The second-order valence-corrected chi connectivity index (χ2v) is 6.14. The molecular weight excluding hydrogens is 304 g/mol. The predicted molar refractivity (Wildman–Crippen MR) is 84.2 cm³/mol. The number of amides is 1. The maximum Gasteiger partial charge on any atom is 0.227 e. The SMILES string of the molecule is Cc1ccc(NC(=O)C(C)CCCC(C)N)c(Br)c1. The van der Waals surface area contributed by atoms with E-state index in [0.29, 0.717) is 0 Å². The molecular formula is C15H23BrN2O. The molecule has 0 aliphatic carbocycles. The minimum atomic E-state index is 0.00644. The summed E-state index contributed by atoms with van der Waals surface area (Å²) in [5, 5.41) is 2.96. The molecule has 0 radical (unpaired) electrons. The first-order valence-corrected chi connectivity index (χ1v) is 7.52. The van der Waals surface area contributed by atoms with Crippen molar-refractivity contribution in [2.24, 2.45) is 11.7 Å². The van der Waals surface area contributed by atoms with Gasteiger partial charge in [-0.25, -0.2) is 0 Å². The van der Waals surface area contributed by atoms with Crippen LogP contribution < -0.4 is 11.1 Å². The van der Waals surface area contributed by atoms with Crippen molar-refractivity contribution in [1.29, 1.82) is 0 Å². The molecule has 106 valence electrons. The first kappa shape index (κ1) is 16.2. The average molecular weight is 327 g/mol. The molecule has 2 atom stereocenters. The third kappa shape index (κ3) is 5.74. The van der Waals surface area contributed by atoms with Crippen LogP contribution in [0.25, 0.3) is 0 Å². The highest BCUT2D eigenvalue weighted by Crippen LogP contribution is 2.24. The van der Waals surface area contributed by atoms with Gasteiger partial charge >= 0.3 is 0 Å². The zero-order valence-corrected chi connectivity index (χ0v) is 13.5. The monoisotopic (exact) mass is 326 g/mol. The number of nitrogens with two attached hydrogens (primary N) is 1. The van der Waals surface area contributed by atoms with Gasteiger partial charge in [0.15, 0.2) is 0 Å². The van der Waals surface area contributed by atoms with Gasteiger partial charge in [0, 0.05) is 16.4 Å². The molecule has 0 saturated carbocycles. The topological polar surface area (TPSA) is 55.1 Å². The second-order valence-electron chi connectivity index (χ2n) is 5.28. The van der Waals surface area contributed by atoms with Crippen LogP contribution in [0.15, 0.2) is 22.7 Å². The van der Waals surface area contributed by atoms with Gasteiger partial charge in [-0.2, -0.15) is 0 Å². The van der Waals surface area contributed by atoms with Crippen molar-refractivity contribution in [1.82, 2.24) is 0 Å². The van der Waals surface area contributed by atoms with Crippen molar-refractivity contribution < 1.29 is 4.79 Å². The number of carbonyl (C=O) groups is 1. The van der Waals surface area contributed by atoms with Crippen LogP contribution in [0.3, 0.4) is 0 Å². The normalized spacial score (nSPS) is 13.9. The summed E-state index contributed by atoms with van der Waals surface area (Å²) < 4.78 is 0.920. The molecule has 1 aromatic rings. The van der Waals surface area contributed by atoms with Gasteiger partial charge in [-0.1, -0.05) is 19.4 Å². The van der Waals surface area contributed by atoms with Crippen LogP contribution in [0.1, 0.15) is 38.7 Å². The lowest BCUT2D eigenvalue weighted by Gasteiger charge is -2.14. The first-order chi connectivity index (χ1) is 8.90. The molecule has 0 aromatic heterocycles. The molecule has 4 heteroatoms. The number of nitrogens with one attached hydrogen (secondary N) is 1. The fourth-order valence-electron chi connectivity index (χ4n) is 1.85. The molecule has 1 rings (SSSR count). The van der Waals surface area contributed by atoms with E-state index < -0.39 is 0 Å². The van der Waals surface area contributed by atoms with Crippen LogP contribution in [0.4, 0.5) is 5.69 Å². The summed E-state index contributed by atoms with van der Waals surface area (Å²) >= 11 is 3.47. The maximum absolute atomic E-state index is 12.1. The van der Waals surface area contributed by atoms with Crippen LogP contribution in [0.5, 0.6) is 0 Å². The summed E-state index contributed by atoms with van der Waals surface area (Å²) in [7, 11) is 0. The molecule has 0 heterocycles. The van der Waals surface area contributed by atoms with E-state index in [1.807, 2.05) is 39.0 Å². The van der Waals surface area contributed by atoms with Crippen LogP contribution in [-0.2, 0) is 4.79 Å². The molecule has 1 amide bonds. The fraction of sp³-hybridized carbons (Fsp3) is 0.533. The molecule has 1 aromatic carbocycles. The minimum absolute atomic E-state index is 0.00644. The molecule has 0 bridgehead atoms. The lowest BCUT2D eigenvalue weighted by Crippen LogP contribution is -2.21. The van der Waals surface area contributed by atoms with E-state index in [9.17, 15) is 4.79 Å². The fourth-order valence-corrected chi connectivity index (χ4v) is 2.45. The molecule has 3 nitrogen and oxygen atoms in total. The highest BCUT2D eigenvalue weighted by atomic mass is 79.9. The third-order valence-corrected chi connectivity index (χ3v) is 3.78. The predicted octanol–water partition coefficient (Wildman–Crippen LogP) is 3.85. The minimum Gasteiger partial charge on any atom is -0.328 e. The Bertz CT molecular complexity index is 432. The van der Waals surface area contributed by atoms with Crippen LogP contribution in [-0.4, -0.2) is 11.9 Å². The van der Waals surface area contributed by atoms with E-state index in [2.05, 4.69) is 21.2 Å². The number of aryl methyl sites for hydroxylation is 1. The Kier molecular flexibility index (Phi) is 6.52. The van der Waals surface area contributed by atoms with Gasteiger partial charge in [-0.05, 0) is 60.3 Å². The molecule has 3 N–H and O–H groups in total. The van der Waals surface area contributed by atoms with Gasteiger partial charge < -0.3 is 11.1 Å². The van der Waals surface area contributed by atoms with Crippen molar-refractivity contribution in [3.63, 3.8) is 0 Å². The number of rotatable bonds is 6. The molecule has 0 aliphatic heterocycles. The van der Waals surface area contributed by atoms with Gasteiger partial charge in [0.05, 0.1) is 5.69 Å². The van der Waals surface area contributed by atoms with Crippen LogP contribution >= 0.6 is 15.9 Å². The Hall–Kier alpha value is -0.870. The third-order valence-electron chi connectivity index (χ3n) is 3.13. The maximum atomic E-state index is 12.1. The van der Waals surface area contributed by atoms with E-state index >= 15 is 0 Å². The lowest BCUT2D eigenvalue weighted by atomic mass is 10.0. The van der Waals surface area contributed by atoms with Gasteiger partial charge in [0.2, 0.25) is 5.91 Å². The Morgan fingerprint density at radius 2 is 2.05 bits per heavy atom. The highest BCUT2D eigenvalue weighted by Gasteiger charge is 2.14. The Morgan fingerprint density at radius 1 is 1.37 bits per heavy atom. The van der Waals surface area contributed by atoms with Gasteiger partial charge in [0.1, 0.15) is 0 Å². The first-order valence-electron chi connectivity index (χ1n) is 6.72. The van der Waals surface area contributed by atoms with E-state index in [1.165, 1.54) is 0 Å². The summed E-state index contributed by atoms with van der Waals surface area (Å²) in [5.41, 5.74) is 7.70. The summed E-state index contributed by atoms with van der Waals surface area (Å²) in [6.45, 7) is 5.97. The Balaban J connectivity index is 2.49. The number of hydrogen-bond acceptors (Lipinski definition) is 2. The quantitative estimate of drug-likeness (QED) is 0.834. The van der Waals surface area contributed by atoms with E-state index in [4.69, 9.17) is 5.73 Å². The average Bonchev–Trinajstić information content (AvgIpc) is 2.32. The van der Waals surface area contributed by atoms with Crippen LogP contribution in [0.2, 0.25) is 0 Å².